The lowest BCUT2D eigenvalue weighted by Crippen LogP contribution is -2.54. The molecule has 188 valence electrons. The van der Waals surface area contributed by atoms with E-state index in [0.717, 1.165) is 5.56 Å². The number of thiocarbonyl (C=S) groups is 1. The van der Waals surface area contributed by atoms with E-state index in [-0.39, 0.29) is 27.1 Å². The van der Waals surface area contributed by atoms with Crippen molar-refractivity contribution in [2.45, 2.75) is 13.3 Å². The number of rotatable bonds is 7. The monoisotopic (exact) mass is 537 g/mol. The molecule has 0 aromatic heterocycles. The van der Waals surface area contributed by atoms with Gasteiger partial charge in [-0.15, -0.1) is 0 Å². The molecule has 1 aliphatic heterocycles. The zero-order valence-electron chi connectivity index (χ0n) is 19.6. The molecule has 0 unspecified atom stereocenters. The zero-order valence-corrected chi connectivity index (χ0v) is 21.2. The Kier molecular flexibility index (Phi) is 7.95. The molecule has 0 aliphatic carbocycles. The molecule has 1 aliphatic rings. The highest BCUT2D eigenvalue weighted by Crippen LogP contribution is 2.29. The maximum absolute atomic E-state index is 13.7. The number of benzene rings is 3. The van der Waals surface area contributed by atoms with Gasteiger partial charge in [-0.1, -0.05) is 54.9 Å². The van der Waals surface area contributed by atoms with E-state index in [1.165, 1.54) is 41.3 Å². The highest BCUT2D eigenvalue weighted by molar-refractivity contribution is 7.80. The van der Waals surface area contributed by atoms with Crippen LogP contribution in [0.3, 0.4) is 0 Å². The molecule has 3 aromatic rings. The quantitative estimate of drug-likeness (QED) is 0.254. The predicted molar refractivity (Wildman–Crippen MR) is 144 cm³/mol. The van der Waals surface area contributed by atoms with Crippen LogP contribution in [-0.2, 0) is 20.8 Å². The molecule has 2 N–H and O–H groups in total. The average molecular weight is 538 g/mol. The van der Waals surface area contributed by atoms with Crippen LogP contribution in [0, 0.1) is 5.82 Å². The minimum Gasteiger partial charge on any atom is -0.482 e. The van der Waals surface area contributed by atoms with Crippen LogP contribution in [0.5, 0.6) is 5.75 Å². The molecule has 7 nitrogen and oxygen atoms in total. The Hall–Kier alpha value is -4.08. The molecule has 1 fully saturated rings. The molecular formula is C27H21ClFN3O4S. The van der Waals surface area contributed by atoms with E-state index in [1.54, 1.807) is 24.3 Å². The van der Waals surface area contributed by atoms with Crippen LogP contribution in [0.4, 0.5) is 15.8 Å². The number of ether oxygens (including phenoxy) is 1. The molecule has 1 saturated heterocycles. The van der Waals surface area contributed by atoms with Gasteiger partial charge in [-0.3, -0.25) is 24.6 Å². The van der Waals surface area contributed by atoms with Gasteiger partial charge in [0.15, 0.2) is 11.7 Å². The molecule has 0 atom stereocenters. The van der Waals surface area contributed by atoms with E-state index in [2.05, 4.69) is 10.6 Å². The molecule has 1 heterocycles. The highest BCUT2D eigenvalue weighted by atomic mass is 35.5. The van der Waals surface area contributed by atoms with Gasteiger partial charge in [-0.05, 0) is 66.2 Å². The number of nitrogens with zero attached hydrogens (tertiary/aromatic N) is 1. The number of nitrogens with one attached hydrogen (secondary N) is 2. The van der Waals surface area contributed by atoms with Crippen LogP contribution in [0.15, 0.2) is 72.3 Å². The van der Waals surface area contributed by atoms with Crippen LogP contribution < -0.4 is 20.3 Å². The number of para-hydroxylation sites is 2. The third-order valence-electron chi connectivity index (χ3n) is 5.49. The lowest BCUT2D eigenvalue weighted by Gasteiger charge is -2.30. The number of hydrogen-bond donors (Lipinski definition) is 2. The second-order valence-electron chi connectivity index (χ2n) is 7.95. The predicted octanol–water partition coefficient (Wildman–Crippen LogP) is 4.89. The Bertz CT molecular complexity index is 1440. The van der Waals surface area contributed by atoms with Gasteiger partial charge in [-0.2, -0.15) is 0 Å². The lowest BCUT2D eigenvalue weighted by molar-refractivity contribution is -0.122. The van der Waals surface area contributed by atoms with Crippen molar-refractivity contribution in [2.24, 2.45) is 0 Å². The lowest BCUT2D eigenvalue weighted by atomic mass is 10.0. The minimum absolute atomic E-state index is 0.00323. The Balaban J connectivity index is 1.50. The van der Waals surface area contributed by atoms with Gasteiger partial charge in [0.1, 0.15) is 17.1 Å². The largest absolute Gasteiger partial charge is 0.482 e. The van der Waals surface area contributed by atoms with Gasteiger partial charge < -0.3 is 10.1 Å². The molecule has 0 bridgehead atoms. The van der Waals surface area contributed by atoms with Crippen molar-refractivity contribution < 1.29 is 23.5 Å². The van der Waals surface area contributed by atoms with Crippen LogP contribution in [0.2, 0.25) is 5.02 Å². The summed E-state index contributed by atoms with van der Waals surface area (Å²) in [6, 6.07) is 17.7. The first kappa shape index (κ1) is 26.0. The third kappa shape index (κ3) is 5.84. The van der Waals surface area contributed by atoms with Gasteiger partial charge >= 0.3 is 0 Å². The number of hydrogen-bond acceptors (Lipinski definition) is 5. The van der Waals surface area contributed by atoms with Crippen LogP contribution in [-0.4, -0.2) is 29.4 Å². The molecule has 4 rings (SSSR count). The molecule has 3 amide bonds. The molecule has 37 heavy (non-hydrogen) atoms. The summed E-state index contributed by atoms with van der Waals surface area (Å²) in [7, 11) is 0. The molecule has 3 aromatic carbocycles. The Morgan fingerprint density at radius 3 is 2.59 bits per heavy atom. The Morgan fingerprint density at radius 1 is 1.14 bits per heavy atom. The minimum atomic E-state index is -0.624. The van der Waals surface area contributed by atoms with Crippen LogP contribution in [0.25, 0.3) is 6.08 Å². The van der Waals surface area contributed by atoms with Crippen molar-refractivity contribution in [1.29, 1.82) is 0 Å². The first-order chi connectivity index (χ1) is 17.8. The summed E-state index contributed by atoms with van der Waals surface area (Å²) in [6.45, 7) is 1.56. The SMILES string of the molecule is CCc1ccccc1N1C(=O)/C(=C/c2ccc(OCC(=O)Nc3ccccc3F)c(Cl)c2)C(=O)NC1=S. The fraction of sp³-hybridized carbons (Fsp3) is 0.111. The number of carbonyl (C=O) groups is 3. The summed E-state index contributed by atoms with van der Waals surface area (Å²) in [5, 5.41) is 5.14. The van der Waals surface area contributed by atoms with E-state index >= 15 is 0 Å². The number of halogens is 2. The Labute approximate surface area is 222 Å². The van der Waals surface area contributed by atoms with Gasteiger partial charge in [0, 0.05) is 0 Å². The molecule has 0 spiro atoms. The maximum atomic E-state index is 13.7. The fourth-order valence-corrected chi connectivity index (χ4v) is 4.20. The normalized spacial score (nSPS) is 14.5. The van der Waals surface area contributed by atoms with Crippen molar-refractivity contribution in [2.75, 3.05) is 16.8 Å². The first-order valence-electron chi connectivity index (χ1n) is 11.2. The maximum Gasteiger partial charge on any atom is 0.270 e. The number of carbonyl (C=O) groups excluding carboxylic acids is 3. The summed E-state index contributed by atoms with van der Waals surface area (Å²) in [5.41, 5.74) is 1.88. The summed E-state index contributed by atoms with van der Waals surface area (Å²) in [5.74, 6) is -2.12. The van der Waals surface area contributed by atoms with Crippen molar-refractivity contribution in [3.8, 4) is 5.75 Å². The van der Waals surface area contributed by atoms with Crippen molar-refractivity contribution in [3.63, 3.8) is 0 Å². The summed E-state index contributed by atoms with van der Waals surface area (Å²) < 4.78 is 19.2. The van der Waals surface area contributed by atoms with Gasteiger partial charge in [-0.25, -0.2) is 4.39 Å². The first-order valence-corrected chi connectivity index (χ1v) is 12.0. The van der Waals surface area contributed by atoms with Gasteiger partial charge in [0.2, 0.25) is 0 Å². The number of anilines is 2. The van der Waals surface area contributed by atoms with E-state index in [1.807, 2.05) is 19.1 Å². The second-order valence-corrected chi connectivity index (χ2v) is 8.74. The average Bonchev–Trinajstić information content (AvgIpc) is 2.87. The summed E-state index contributed by atoms with van der Waals surface area (Å²) in [4.78, 5) is 39.3. The summed E-state index contributed by atoms with van der Waals surface area (Å²) >= 11 is 11.6. The summed E-state index contributed by atoms with van der Waals surface area (Å²) in [6.07, 6.45) is 2.08. The molecule has 10 heteroatoms. The zero-order chi connectivity index (χ0) is 26.5. The Morgan fingerprint density at radius 2 is 1.86 bits per heavy atom. The van der Waals surface area contributed by atoms with Crippen LogP contribution in [0.1, 0.15) is 18.1 Å². The molecule has 0 saturated carbocycles. The van der Waals surface area contributed by atoms with Crippen molar-refractivity contribution in [1.82, 2.24) is 5.32 Å². The van der Waals surface area contributed by atoms with Crippen molar-refractivity contribution in [3.05, 3.63) is 94.3 Å². The van der Waals surface area contributed by atoms with E-state index in [0.29, 0.717) is 17.7 Å². The molecular weight excluding hydrogens is 517 g/mol. The fourth-order valence-electron chi connectivity index (χ4n) is 3.69. The highest BCUT2D eigenvalue weighted by Gasteiger charge is 2.35. The molecule has 0 radical (unpaired) electrons. The van der Waals surface area contributed by atoms with Crippen molar-refractivity contribution >= 4 is 64.1 Å². The standard InChI is InChI=1S/C27H21ClFN3O4S/c1-2-17-7-3-6-10-22(17)32-26(35)18(25(34)31-27(32)37)13-16-11-12-23(19(28)14-16)36-15-24(33)30-21-9-5-4-8-20(21)29/h3-14H,2,15H2,1H3,(H,30,33)(H,31,34,37)/b18-13+. The second kappa shape index (κ2) is 11.3. The smallest absolute Gasteiger partial charge is 0.270 e. The van der Waals surface area contributed by atoms with E-state index in [4.69, 9.17) is 28.6 Å². The topological polar surface area (TPSA) is 87.7 Å². The van der Waals surface area contributed by atoms with Gasteiger partial charge in [0.25, 0.3) is 17.7 Å². The van der Waals surface area contributed by atoms with E-state index < -0.39 is 30.1 Å². The number of aryl methyl sites for hydroxylation is 1. The number of amides is 3. The van der Waals surface area contributed by atoms with Crippen LogP contribution >= 0.6 is 23.8 Å². The van der Waals surface area contributed by atoms with Gasteiger partial charge in [0.05, 0.1) is 16.4 Å². The third-order valence-corrected chi connectivity index (χ3v) is 6.07. The van der Waals surface area contributed by atoms with E-state index in [9.17, 15) is 18.8 Å².